The van der Waals surface area contributed by atoms with E-state index in [-0.39, 0.29) is 29.6 Å². The Hall–Kier alpha value is -3.32. The van der Waals surface area contributed by atoms with E-state index in [1.807, 2.05) is 0 Å². The number of anilines is 1. The lowest BCUT2D eigenvalue weighted by Gasteiger charge is -2.29. The van der Waals surface area contributed by atoms with Crippen LogP contribution in [0.2, 0.25) is 0 Å². The lowest BCUT2D eigenvalue weighted by molar-refractivity contribution is 0.114. The molecular formula is C19H23N9O6S2. The van der Waals surface area contributed by atoms with E-state index in [0.29, 0.717) is 16.6 Å². The number of hydrogen-bond donors (Lipinski definition) is 7. The Bertz CT molecular complexity index is 1600. The van der Waals surface area contributed by atoms with Crippen molar-refractivity contribution in [1.82, 2.24) is 14.7 Å². The molecule has 36 heavy (non-hydrogen) atoms. The number of para-hydroxylation sites is 1. The molecular weight excluding hydrogens is 514 g/mol. The summed E-state index contributed by atoms with van der Waals surface area (Å²) in [6.07, 6.45) is 0. The van der Waals surface area contributed by atoms with Crippen molar-refractivity contribution < 1.29 is 27.0 Å². The molecule has 0 spiro atoms. The fourth-order valence-electron chi connectivity index (χ4n) is 3.76. The number of hydrogen-bond acceptors (Lipinski definition) is 12. The van der Waals surface area contributed by atoms with Gasteiger partial charge in [-0.25, -0.2) is 32.0 Å². The molecule has 0 unspecified atom stereocenters. The zero-order valence-electron chi connectivity index (χ0n) is 18.6. The molecule has 15 nitrogen and oxygen atoms in total. The Morgan fingerprint density at radius 3 is 2.39 bits per heavy atom. The van der Waals surface area contributed by atoms with Crippen molar-refractivity contribution in [3.8, 4) is 11.1 Å². The van der Waals surface area contributed by atoms with Crippen LogP contribution in [0.3, 0.4) is 0 Å². The summed E-state index contributed by atoms with van der Waals surface area (Å²) >= 11 is 0. The van der Waals surface area contributed by atoms with Gasteiger partial charge in [0.2, 0.25) is 20.0 Å². The second kappa shape index (κ2) is 9.28. The number of rotatable bonds is 9. The number of nitrogens with two attached hydrogens (primary N) is 3. The average Bonchev–Trinajstić information content (AvgIpc) is 3.50. The number of aromatic amines is 1. The maximum Gasteiger partial charge on any atom is 0.242 e. The smallest absolute Gasteiger partial charge is 0.242 e. The Morgan fingerprint density at radius 2 is 1.81 bits per heavy atom. The predicted octanol–water partition coefficient (Wildman–Crippen LogP) is -1.41. The third-order valence-corrected chi connectivity index (χ3v) is 8.28. The van der Waals surface area contributed by atoms with E-state index < -0.39 is 55.1 Å². The van der Waals surface area contributed by atoms with Crippen molar-refractivity contribution in [2.24, 2.45) is 26.1 Å². The molecule has 2 heterocycles. The summed E-state index contributed by atoms with van der Waals surface area (Å²) in [5.74, 6) is -0.0564. The first-order valence-electron chi connectivity index (χ1n) is 10.3. The average molecular weight is 538 g/mol. The number of amidine groups is 1. The topological polar surface area (TPSA) is 265 Å². The Morgan fingerprint density at radius 1 is 1.08 bits per heavy atom. The van der Waals surface area contributed by atoms with Crippen LogP contribution in [0, 0.1) is 0 Å². The van der Waals surface area contributed by atoms with E-state index in [9.17, 15) is 27.0 Å². The number of H-pyrrole nitrogens is 1. The van der Waals surface area contributed by atoms with Crippen LogP contribution in [-0.4, -0.2) is 74.8 Å². The first-order chi connectivity index (χ1) is 17.0. The Balaban J connectivity index is 2.08. The molecule has 10 N–H and O–H groups in total. The zero-order chi connectivity index (χ0) is 26.3. The first kappa shape index (κ1) is 25.8. The van der Waals surface area contributed by atoms with Crippen LogP contribution in [0.25, 0.3) is 22.2 Å². The van der Waals surface area contributed by atoms with E-state index >= 15 is 0 Å². The predicted molar refractivity (Wildman–Crippen MR) is 130 cm³/mol. The summed E-state index contributed by atoms with van der Waals surface area (Å²) in [6.45, 7) is -2.33. The van der Waals surface area contributed by atoms with Crippen LogP contribution in [0.5, 0.6) is 0 Å². The molecule has 2 aromatic carbocycles. The van der Waals surface area contributed by atoms with Gasteiger partial charge in [0.15, 0.2) is 18.5 Å². The van der Waals surface area contributed by atoms with E-state index in [1.54, 1.807) is 18.2 Å². The fourth-order valence-corrected chi connectivity index (χ4v) is 6.75. The number of nitrogen functional groups attached to an aromatic ring is 1. The summed E-state index contributed by atoms with van der Waals surface area (Å²) < 4.78 is 54.7. The van der Waals surface area contributed by atoms with Crippen molar-refractivity contribution in [3.05, 3.63) is 35.9 Å². The van der Waals surface area contributed by atoms with E-state index in [2.05, 4.69) is 29.9 Å². The van der Waals surface area contributed by atoms with Gasteiger partial charge in [-0.15, -0.1) is 5.11 Å². The molecule has 192 valence electrons. The highest BCUT2D eigenvalue weighted by atomic mass is 32.2. The van der Waals surface area contributed by atoms with Crippen LogP contribution >= 0.6 is 0 Å². The minimum absolute atomic E-state index is 0.109. The Labute approximate surface area is 205 Å². The number of nitrogens with zero attached hydrogens (tertiary/aromatic N) is 4. The normalized spacial score (nSPS) is 14.5. The molecule has 0 saturated carbocycles. The highest BCUT2D eigenvalue weighted by molar-refractivity contribution is 7.92. The van der Waals surface area contributed by atoms with Gasteiger partial charge in [0.05, 0.1) is 35.3 Å². The maximum atomic E-state index is 13.4. The largest absolute Gasteiger partial charge is 0.394 e. The van der Waals surface area contributed by atoms with Crippen molar-refractivity contribution in [1.29, 1.82) is 0 Å². The summed E-state index contributed by atoms with van der Waals surface area (Å²) in [7, 11) is -9.49. The van der Waals surface area contributed by atoms with Crippen molar-refractivity contribution in [2.75, 3.05) is 32.2 Å². The van der Waals surface area contributed by atoms with E-state index in [4.69, 9.17) is 16.6 Å². The number of aliphatic hydroxyl groups is 2. The van der Waals surface area contributed by atoms with Gasteiger partial charge in [-0.05, 0) is 17.7 Å². The van der Waals surface area contributed by atoms with Gasteiger partial charge in [0.1, 0.15) is 9.79 Å². The standard InChI is InChI=1S/C19H23N9O6S2/c20-6-19(7-29,8-30)28-36(33,34)13-5-4-10(11-2-1-3-12-15(11)26-18(21)25-12)14(16(13)35(22,31)32)17-23-9-24-27-17/h1-5,28-30H,6-9,20H2,(H3,21,25,26)(H2,22,31,32). The molecule has 0 bridgehead atoms. The number of fused-ring (bicyclic) bond motifs is 1. The SMILES string of the molecule is NCC(CO)(CO)NS(=O)(=O)c1ccc(-c2cccc3[nH]c(N)nc23)c(C2=NCN=N2)c1S(N)(=O)=O. The fraction of sp³-hybridized carbons (Fsp3) is 0.263. The molecule has 17 heteroatoms. The van der Waals surface area contributed by atoms with Crippen LogP contribution in [0.15, 0.2) is 55.3 Å². The van der Waals surface area contributed by atoms with Gasteiger partial charge >= 0.3 is 0 Å². The van der Waals surface area contributed by atoms with Crippen LogP contribution in [0.4, 0.5) is 5.95 Å². The van der Waals surface area contributed by atoms with E-state index in [1.165, 1.54) is 6.07 Å². The number of benzene rings is 2. The van der Waals surface area contributed by atoms with Gasteiger partial charge < -0.3 is 26.7 Å². The first-order valence-corrected chi connectivity index (χ1v) is 13.3. The summed E-state index contributed by atoms with van der Waals surface area (Å²) in [5, 5.41) is 32.5. The molecule has 0 aliphatic carbocycles. The lowest BCUT2D eigenvalue weighted by Crippen LogP contribution is -2.59. The molecule has 1 aliphatic heterocycles. The van der Waals surface area contributed by atoms with Crippen molar-refractivity contribution >= 4 is 42.9 Å². The second-order valence-electron chi connectivity index (χ2n) is 7.95. The summed E-state index contributed by atoms with van der Waals surface area (Å²) in [6, 6.07) is 7.37. The highest BCUT2D eigenvalue weighted by Crippen LogP contribution is 2.37. The quantitative estimate of drug-likeness (QED) is 0.169. The van der Waals surface area contributed by atoms with Crippen LogP contribution in [-0.2, 0) is 20.0 Å². The van der Waals surface area contributed by atoms with E-state index in [0.717, 1.165) is 6.07 Å². The zero-order valence-corrected chi connectivity index (χ0v) is 20.2. The van der Waals surface area contributed by atoms with Gasteiger partial charge in [-0.3, -0.25) is 0 Å². The molecule has 0 atom stereocenters. The number of aliphatic hydroxyl groups excluding tert-OH is 2. The molecule has 0 fully saturated rings. The number of azo groups is 1. The number of primary sulfonamides is 1. The molecule has 0 amide bonds. The third kappa shape index (κ3) is 4.48. The number of nitrogens with one attached hydrogen (secondary N) is 2. The van der Waals surface area contributed by atoms with Crippen LogP contribution in [0.1, 0.15) is 5.56 Å². The van der Waals surface area contributed by atoms with Gasteiger partial charge in [0, 0.05) is 12.1 Å². The molecule has 1 aliphatic rings. The monoisotopic (exact) mass is 537 g/mol. The highest BCUT2D eigenvalue weighted by Gasteiger charge is 2.38. The molecule has 0 radical (unpaired) electrons. The molecule has 3 aromatic rings. The lowest BCUT2D eigenvalue weighted by atomic mass is 9.97. The minimum Gasteiger partial charge on any atom is -0.394 e. The number of sulfonamides is 2. The summed E-state index contributed by atoms with van der Waals surface area (Å²) in [4.78, 5) is 9.64. The maximum absolute atomic E-state index is 13.4. The second-order valence-corrected chi connectivity index (χ2v) is 11.1. The molecule has 1 aromatic heterocycles. The third-order valence-electron chi connectivity index (χ3n) is 5.54. The molecule has 0 saturated heterocycles. The summed E-state index contributed by atoms with van der Waals surface area (Å²) in [5.41, 5.74) is 10.8. The molecule has 4 rings (SSSR count). The van der Waals surface area contributed by atoms with Gasteiger partial charge in [-0.1, -0.05) is 18.2 Å². The van der Waals surface area contributed by atoms with Crippen LogP contribution < -0.4 is 21.3 Å². The van der Waals surface area contributed by atoms with Gasteiger partial charge in [0.25, 0.3) is 0 Å². The van der Waals surface area contributed by atoms with Crippen molar-refractivity contribution in [3.63, 3.8) is 0 Å². The van der Waals surface area contributed by atoms with Crippen molar-refractivity contribution in [2.45, 2.75) is 15.3 Å². The number of aromatic nitrogens is 2. The minimum atomic E-state index is -4.75. The Kier molecular flexibility index (Phi) is 6.64. The number of imidazole rings is 1. The number of aliphatic imine (C=N–C) groups is 1. The van der Waals surface area contributed by atoms with Gasteiger partial charge in [-0.2, -0.15) is 9.84 Å².